The Kier molecular flexibility index (Phi) is 9.42. The van der Waals surface area contributed by atoms with E-state index < -0.39 is 0 Å². The minimum absolute atomic E-state index is 0.117. The first kappa shape index (κ1) is 20.5. The van der Waals surface area contributed by atoms with Crippen LogP contribution in [0.3, 0.4) is 0 Å². The summed E-state index contributed by atoms with van der Waals surface area (Å²) >= 11 is 0. The number of hydrogen-bond acceptors (Lipinski definition) is 3. The molecule has 0 spiro atoms. The van der Waals surface area contributed by atoms with Gasteiger partial charge in [0.15, 0.2) is 0 Å². The van der Waals surface area contributed by atoms with Gasteiger partial charge in [0.1, 0.15) is 0 Å². The van der Waals surface area contributed by atoms with Gasteiger partial charge in [-0.05, 0) is 44.5 Å². The van der Waals surface area contributed by atoms with Crippen molar-refractivity contribution in [1.82, 2.24) is 15.5 Å². The highest BCUT2D eigenvalue weighted by molar-refractivity contribution is 5.74. The highest BCUT2D eigenvalue weighted by atomic mass is 16.5. The van der Waals surface area contributed by atoms with Crippen LogP contribution in [0.4, 0.5) is 4.79 Å². The SMILES string of the molecule is CCOCc1ccccc1CNC(=O)NC(CC(C)C)CN(C)C. The van der Waals surface area contributed by atoms with Gasteiger partial charge in [-0.3, -0.25) is 0 Å². The minimum Gasteiger partial charge on any atom is -0.377 e. The first-order chi connectivity index (χ1) is 11.4. The third-order valence-electron chi connectivity index (χ3n) is 3.70. The number of benzene rings is 1. The van der Waals surface area contributed by atoms with Gasteiger partial charge < -0.3 is 20.3 Å². The molecule has 2 N–H and O–H groups in total. The Balaban J connectivity index is 2.55. The van der Waals surface area contributed by atoms with E-state index in [0.717, 1.165) is 24.1 Å². The Morgan fingerprint density at radius 2 is 1.88 bits per heavy atom. The number of likely N-dealkylation sites (N-methyl/N-ethyl adjacent to an activating group) is 1. The lowest BCUT2D eigenvalue weighted by Gasteiger charge is -2.24. The molecular weight excluding hydrogens is 302 g/mol. The fourth-order valence-electron chi connectivity index (χ4n) is 2.68. The van der Waals surface area contributed by atoms with Crippen molar-refractivity contribution < 1.29 is 9.53 Å². The summed E-state index contributed by atoms with van der Waals surface area (Å²) in [4.78, 5) is 14.3. The molecule has 0 heterocycles. The standard InChI is InChI=1S/C19H33N3O2/c1-6-24-14-17-10-8-7-9-16(17)12-20-19(23)21-18(11-15(2)3)13-22(4)5/h7-10,15,18H,6,11-14H2,1-5H3,(H2,20,21,23). The molecule has 0 aromatic heterocycles. The predicted octanol–water partition coefficient (Wildman–Crippen LogP) is 3.00. The van der Waals surface area contributed by atoms with E-state index in [1.54, 1.807) is 0 Å². The molecule has 24 heavy (non-hydrogen) atoms. The van der Waals surface area contributed by atoms with Crippen molar-refractivity contribution >= 4 is 6.03 Å². The number of nitrogens with zero attached hydrogens (tertiary/aromatic N) is 1. The normalized spacial score (nSPS) is 12.5. The molecule has 0 radical (unpaired) electrons. The number of amides is 2. The molecule has 1 rings (SSSR count). The van der Waals surface area contributed by atoms with E-state index in [4.69, 9.17) is 4.74 Å². The maximum absolute atomic E-state index is 12.2. The van der Waals surface area contributed by atoms with Gasteiger partial charge in [-0.2, -0.15) is 0 Å². The van der Waals surface area contributed by atoms with Crippen LogP contribution in [-0.2, 0) is 17.9 Å². The second-order valence-corrected chi connectivity index (χ2v) is 6.82. The van der Waals surface area contributed by atoms with Gasteiger partial charge in [-0.25, -0.2) is 4.79 Å². The summed E-state index contributed by atoms with van der Waals surface area (Å²) in [5.74, 6) is 0.544. The van der Waals surface area contributed by atoms with Gasteiger partial charge in [-0.15, -0.1) is 0 Å². The fourth-order valence-corrected chi connectivity index (χ4v) is 2.68. The van der Waals surface area contributed by atoms with E-state index in [1.807, 2.05) is 45.3 Å². The molecule has 1 aromatic rings. The molecular formula is C19H33N3O2. The van der Waals surface area contributed by atoms with Gasteiger partial charge in [0.25, 0.3) is 0 Å². The Labute approximate surface area is 146 Å². The van der Waals surface area contributed by atoms with Crippen LogP contribution in [0, 0.1) is 5.92 Å². The molecule has 0 bridgehead atoms. The second kappa shape index (κ2) is 11.0. The van der Waals surface area contributed by atoms with E-state index in [9.17, 15) is 4.79 Å². The average Bonchev–Trinajstić information content (AvgIpc) is 2.50. The molecule has 0 aliphatic rings. The summed E-state index contributed by atoms with van der Waals surface area (Å²) in [5.41, 5.74) is 2.21. The number of ether oxygens (including phenoxy) is 1. The molecule has 5 nitrogen and oxygen atoms in total. The van der Waals surface area contributed by atoms with Crippen LogP contribution in [0.25, 0.3) is 0 Å². The third kappa shape index (κ3) is 8.31. The summed E-state index contributed by atoms with van der Waals surface area (Å²) in [7, 11) is 4.05. The van der Waals surface area contributed by atoms with Crippen LogP contribution in [0.5, 0.6) is 0 Å². The maximum Gasteiger partial charge on any atom is 0.315 e. The van der Waals surface area contributed by atoms with Crippen molar-refractivity contribution in [3.63, 3.8) is 0 Å². The number of nitrogens with one attached hydrogen (secondary N) is 2. The Morgan fingerprint density at radius 3 is 2.46 bits per heavy atom. The van der Waals surface area contributed by atoms with E-state index in [2.05, 4.69) is 29.4 Å². The minimum atomic E-state index is -0.117. The predicted molar refractivity (Wildman–Crippen MR) is 98.9 cm³/mol. The Hall–Kier alpha value is -1.59. The van der Waals surface area contributed by atoms with Crippen LogP contribution in [0.1, 0.15) is 38.3 Å². The molecule has 0 aliphatic carbocycles. The number of carbonyl (C=O) groups excluding carboxylic acids is 1. The van der Waals surface area contributed by atoms with Crippen molar-refractivity contribution in [1.29, 1.82) is 0 Å². The van der Waals surface area contributed by atoms with Crippen LogP contribution in [0.2, 0.25) is 0 Å². The molecule has 5 heteroatoms. The number of hydrogen-bond donors (Lipinski definition) is 2. The van der Waals surface area contributed by atoms with Crippen LogP contribution in [0.15, 0.2) is 24.3 Å². The van der Waals surface area contributed by atoms with Gasteiger partial charge in [0.2, 0.25) is 0 Å². The van der Waals surface area contributed by atoms with Crippen LogP contribution >= 0.6 is 0 Å². The lowest BCUT2D eigenvalue weighted by molar-refractivity contribution is 0.133. The monoisotopic (exact) mass is 335 g/mol. The number of carbonyl (C=O) groups is 1. The van der Waals surface area contributed by atoms with Crippen molar-refractivity contribution in [2.45, 2.75) is 46.4 Å². The molecule has 0 aliphatic heterocycles. The molecule has 0 fully saturated rings. The number of rotatable bonds is 10. The first-order valence-electron chi connectivity index (χ1n) is 8.76. The van der Waals surface area contributed by atoms with Gasteiger partial charge in [-0.1, -0.05) is 38.1 Å². The van der Waals surface area contributed by atoms with E-state index >= 15 is 0 Å². The highest BCUT2D eigenvalue weighted by Gasteiger charge is 2.15. The Bertz CT molecular complexity index is 479. The first-order valence-corrected chi connectivity index (χ1v) is 8.76. The van der Waals surface area contributed by atoms with Crippen LogP contribution < -0.4 is 10.6 Å². The summed E-state index contributed by atoms with van der Waals surface area (Å²) in [6, 6.07) is 8.08. The topological polar surface area (TPSA) is 53.6 Å². The fraction of sp³-hybridized carbons (Fsp3) is 0.632. The zero-order valence-corrected chi connectivity index (χ0v) is 15.8. The molecule has 1 atom stereocenters. The van der Waals surface area contributed by atoms with Gasteiger partial charge in [0.05, 0.1) is 6.61 Å². The largest absolute Gasteiger partial charge is 0.377 e. The van der Waals surface area contributed by atoms with Crippen molar-refractivity contribution in [3.05, 3.63) is 35.4 Å². The molecule has 1 unspecified atom stereocenters. The van der Waals surface area contributed by atoms with E-state index in [0.29, 0.717) is 25.7 Å². The average molecular weight is 335 g/mol. The summed E-state index contributed by atoms with van der Waals surface area (Å²) in [6.45, 7) is 8.93. The zero-order chi connectivity index (χ0) is 17.9. The third-order valence-corrected chi connectivity index (χ3v) is 3.70. The molecule has 2 amide bonds. The molecule has 0 saturated heterocycles. The highest BCUT2D eigenvalue weighted by Crippen LogP contribution is 2.10. The molecule has 1 aromatic carbocycles. The maximum atomic E-state index is 12.2. The lowest BCUT2D eigenvalue weighted by atomic mass is 10.0. The van der Waals surface area contributed by atoms with Crippen molar-refractivity contribution in [2.75, 3.05) is 27.2 Å². The second-order valence-electron chi connectivity index (χ2n) is 6.82. The zero-order valence-electron chi connectivity index (χ0n) is 15.8. The number of urea groups is 1. The smallest absolute Gasteiger partial charge is 0.315 e. The van der Waals surface area contributed by atoms with Crippen molar-refractivity contribution in [3.8, 4) is 0 Å². The van der Waals surface area contributed by atoms with Crippen molar-refractivity contribution in [2.24, 2.45) is 5.92 Å². The van der Waals surface area contributed by atoms with E-state index in [1.165, 1.54) is 0 Å². The van der Waals surface area contributed by atoms with Crippen LogP contribution in [-0.4, -0.2) is 44.2 Å². The quantitative estimate of drug-likeness (QED) is 0.691. The Morgan fingerprint density at radius 1 is 1.21 bits per heavy atom. The van der Waals surface area contributed by atoms with Gasteiger partial charge >= 0.3 is 6.03 Å². The summed E-state index contributed by atoms with van der Waals surface area (Å²) in [5, 5.41) is 6.06. The lowest BCUT2D eigenvalue weighted by Crippen LogP contribution is -2.46. The molecule has 0 saturated carbocycles. The van der Waals surface area contributed by atoms with E-state index in [-0.39, 0.29) is 12.1 Å². The summed E-state index contributed by atoms with van der Waals surface area (Å²) < 4.78 is 5.49. The van der Waals surface area contributed by atoms with Gasteiger partial charge in [0, 0.05) is 25.7 Å². The molecule has 136 valence electrons. The summed E-state index contributed by atoms with van der Waals surface area (Å²) in [6.07, 6.45) is 0.965.